The number of pyridine rings is 1. The van der Waals surface area contributed by atoms with E-state index in [0.29, 0.717) is 0 Å². The number of anilines is 1. The van der Waals surface area contributed by atoms with Gasteiger partial charge in [-0.2, -0.15) is 13.2 Å². The number of benzene rings is 1. The van der Waals surface area contributed by atoms with Crippen molar-refractivity contribution in [2.24, 2.45) is 17.3 Å². The number of nitrogens with zero attached hydrogens (tertiary/aromatic N) is 2. The van der Waals surface area contributed by atoms with Crippen molar-refractivity contribution in [1.29, 1.82) is 0 Å². The van der Waals surface area contributed by atoms with Crippen molar-refractivity contribution in [2.75, 3.05) is 11.9 Å². The van der Waals surface area contributed by atoms with Crippen molar-refractivity contribution in [2.45, 2.75) is 91.0 Å². The van der Waals surface area contributed by atoms with Gasteiger partial charge in [0.25, 0.3) is 0 Å². The normalized spacial score (nSPS) is 24.1. The highest BCUT2D eigenvalue weighted by Gasteiger charge is 2.59. The molecular formula is C31H40F3N3O3. The Morgan fingerprint density at radius 2 is 1.70 bits per heavy atom. The fourth-order valence-corrected chi connectivity index (χ4v) is 6.51. The predicted molar refractivity (Wildman–Crippen MR) is 147 cm³/mol. The van der Waals surface area contributed by atoms with Crippen molar-refractivity contribution >= 4 is 17.7 Å². The van der Waals surface area contributed by atoms with Crippen molar-refractivity contribution in [1.82, 2.24) is 9.88 Å². The average molecular weight is 560 g/mol. The summed E-state index contributed by atoms with van der Waals surface area (Å²) in [6.07, 6.45) is -0.0799. The molecule has 1 amide bonds. The molecule has 0 spiro atoms. The monoisotopic (exact) mass is 559 g/mol. The first-order valence-electron chi connectivity index (χ1n) is 14.2. The van der Waals surface area contributed by atoms with E-state index in [1.807, 2.05) is 51.1 Å². The number of carbonyl (C=O) groups is 2. The summed E-state index contributed by atoms with van der Waals surface area (Å²) in [5.74, 6) is -1.24. The van der Waals surface area contributed by atoms with Gasteiger partial charge in [-0.3, -0.25) is 4.79 Å². The molecule has 2 heterocycles. The largest absolute Gasteiger partial charge is 0.464 e. The van der Waals surface area contributed by atoms with Gasteiger partial charge in [0.2, 0.25) is 5.91 Å². The van der Waals surface area contributed by atoms with Gasteiger partial charge in [-0.15, -0.1) is 0 Å². The first-order chi connectivity index (χ1) is 18.8. The van der Waals surface area contributed by atoms with Gasteiger partial charge in [0.1, 0.15) is 11.9 Å². The van der Waals surface area contributed by atoms with Crippen LogP contribution < -0.4 is 5.32 Å². The maximum Gasteiger partial charge on any atom is 0.416 e. The van der Waals surface area contributed by atoms with Gasteiger partial charge < -0.3 is 15.0 Å². The number of hydrogen-bond donors (Lipinski definition) is 1. The van der Waals surface area contributed by atoms with E-state index in [9.17, 15) is 22.8 Å². The van der Waals surface area contributed by atoms with Crippen LogP contribution in [0.1, 0.15) is 82.7 Å². The van der Waals surface area contributed by atoms with Crippen LogP contribution in [0.2, 0.25) is 0 Å². The first-order valence-corrected chi connectivity index (χ1v) is 14.2. The molecule has 2 aromatic rings. The lowest BCUT2D eigenvalue weighted by Crippen LogP contribution is -2.49. The Kier molecular flexibility index (Phi) is 8.80. The summed E-state index contributed by atoms with van der Waals surface area (Å²) in [5, 5.41) is 3.30. The lowest BCUT2D eigenvalue weighted by molar-refractivity contribution is -0.158. The number of nitrogens with one attached hydrogen (secondary N) is 1. The molecule has 2 fully saturated rings. The molecule has 1 N–H and O–H groups in total. The molecule has 218 valence electrons. The molecule has 1 aliphatic heterocycles. The molecule has 1 aromatic heterocycles. The molecule has 0 bridgehead atoms. The van der Waals surface area contributed by atoms with Crippen LogP contribution in [0.4, 0.5) is 19.0 Å². The quantitative estimate of drug-likeness (QED) is 0.388. The van der Waals surface area contributed by atoms with Crippen LogP contribution in [-0.2, 0) is 20.5 Å². The Balaban J connectivity index is 1.90. The molecule has 0 radical (unpaired) electrons. The van der Waals surface area contributed by atoms with Crippen molar-refractivity contribution in [3.63, 3.8) is 0 Å². The molecule has 6 nitrogen and oxygen atoms in total. The van der Waals surface area contributed by atoms with Gasteiger partial charge in [0.15, 0.2) is 0 Å². The number of aromatic nitrogens is 1. The fourth-order valence-electron chi connectivity index (χ4n) is 6.51. The Morgan fingerprint density at radius 1 is 1.05 bits per heavy atom. The Bertz CT molecular complexity index is 1190. The molecule has 9 heteroatoms. The zero-order valence-corrected chi connectivity index (χ0v) is 23.9. The molecule has 4 atom stereocenters. The number of carbonyl (C=O) groups excluding carboxylic acids is 2. The molecule has 1 aromatic carbocycles. The van der Waals surface area contributed by atoms with Gasteiger partial charge in [-0.25, -0.2) is 9.78 Å². The Morgan fingerprint density at radius 3 is 2.27 bits per heavy atom. The van der Waals surface area contributed by atoms with Crippen LogP contribution in [0.15, 0.2) is 42.5 Å². The Hall–Kier alpha value is -3.10. The van der Waals surface area contributed by atoms with E-state index < -0.39 is 47.2 Å². The van der Waals surface area contributed by atoms with E-state index in [4.69, 9.17) is 4.74 Å². The molecular weight excluding hydrogens is 519 g/mol. The second-order valence-corrected chi connectivity index (χ2v) is 12.1. The van der Waals surface area contributed by atoms with Crippen LogP contribution in [0.3, 0.4) is 0 Å². The number of ether oxygens (including phenoxy) is 1. The molecule has 1 saturated carbocycles. The van der Waals surface area contributed by atoms with Crippen molar-refractivity contribution < 1.29 is 27.5 Å². The van der Waals surface area contributed by atoms with Crippen LogP contribution in [0.5, 0.6) is 0 Å². The highest BCUT2D eigenvalue weighted by molar-refractivity contribution is 5.88. The number of hydrogen-bond acceptors (Lipinski definition) is 5. The lowest BCUT2D eigenvalue weighted by atomic mass is 9.72. The Labute approximate surface area is 234 Å². The van der Waals surface area contributed by atoms with Crippen LogP contribution in [0, 0.1) is 24.2 Å². The molecule has 4 rings (SSSR count). The minimum Gasteiger partial charge on any atom is -0.464 e. The van der Waals surface area contributed by atoms with Gasteiger partial charge in [-0.1, -0.05) is 70.4 Å². The van der Waals surface area contributed by atoms with Gasteiger partial charge in [0, 0.05) is 17.5 Å². The summed E-state index contributed by atoms with van der Waals surface area (Å²) in [5.41, 5.74) is -0.313. The van der Waals surface area contributed by atoms with E-state index in [1.165, 1.54) is 6.92 Å². The summed E-state index contributed by atoms with van der Waals surface area (Å²) in [6, 6.07) is 9.27. The van der Waals surface area contributed by atoms with Crippen LogP contribution in [-0.4, -0.2) is 40.5 Å². The fraction of sp³-hybridized carbons (Fsp3) is 0.581. The molecule has 1 aliphatic carbocycles. The van der Waals surface area contributed by atoms with Crippen LogP contribution in [0.25, 0.3) is 0 Å². The van der Waals surface area contributed by atoms with E-state index in [1.54, 1.807) is 11.8 Å². The third-order valence-electron chi connectivity index (χ3n) is 8.14. The number of rotatable bonds is 6. The summed E-state index contributed by atoms with van der Waals surface area (Å²) < 4.78 is 46.7. The summed E-state index contributed by atoms with van der Waals surface area (Å²) >= 11 is 0. The number of likely N-dealkylation sites (tertiary alicyclic amines) is 1. The third kappa shape index (κ3) is 6.28. The van der Waals surface area contributed by atoms with E-state index in [-0.39, 0.29) is 29.9 Å². The number of amides is 1. The van der Waals surface area contributed by atoms with Gasteiger partial charge >= 0.3 is 12.1 Å². The minimum absolute atomic E-state index is 0.0575. The van der Waals surface area contributed by atoms with Crippen LogP contribution >= 0.6 is 0 Å². The maximum atomic E-state index is 14.3. The maximum absolute atomic E-state index is 14.3. The standard InChI is InChI=1S/C31H40F3N3O3/c1-6-40-29(39)27-24(30(3,4)5)25(36-23-18-22(31(32,33)34)17-19(2)35-23)26(20-13-9-7-10-14-20)37(27)28(38)21-15-11-8-12-16-21/h7,9-10,13-14,17-18,21,24-27H,6,8,11-12,15-16H2,1-5H3,(H,35,36)/t24-,25-,26-,27-/m1/s1. The molecule has 40 heavy (non-hydrogen) atoms. The smallest absolute Gasteiger partial charge is 0.416 e. The number of esters is 1. The first kappa shape index (κ1) is 29.9. The van der Waals surface area contributed by atoms with E-state index in [0.717, 1.165) is 49.8 Å². The third-order valence-corrected chi connectivity index (χ3v) is 8.14. The number of alkyl halides is 3. The van der Waals surface area contributed by atoms with E-state index in [2.05, 4.69) is 10.3 Å². The second kappa shape index (κ2) is 11.8. The SMILES string of the molecule is CCOC(=O)[C@H]1[C@H](C(C)(C)C)[C@@H](Nc2cc(C(F)(F)F)cc(C)n2)[C@@H](c2ccccc2)N1C(=O)C1CCCCC1. The van der Waals surface area contributed by atoms with Crippen molar-refractivity contribution in [3.05, 3.63) is 59.3 Å². The zero-order valence-electron chi connectivity index (χ0n) is 23.9. The molecule has 2 aliphatic rings. The van der Waals surface area contributed by atoms with Gasteiger partial charge in [-0.05, 0) is 49.8 Å². The number of aryl methyl sites for hydroxylation is 1. The molecule has 0 unspecified atom stereocenters. The van der Waals surface area contributed by atoms with Gasteiger partial charge in [0.05, 0.1) is 24.3 Å². The summed E-state index contributed by atoms with van der Waals surface area (Å²) in [7, 11) is 0. The van der Waals surface area contributed by atoms with E-state index >= 15 is 0 Å². The zero-order chi connectivity index (χ0) is 29.2. The molecule has 1 saturated heterocycles. The lowest BCUT2D eigenvalue weighted by Gasteiger charge is -2.36. The number of halogens is 3. The summed E-state index contributed by atoms with van der Waals surface area (Å²) in [4.78, 5) is 34.1. The summed E-state index contributed by atoms with van der Waals surface area (Å²) in [6.45, 7) is 9.36. The highest BCUT2D eigenvalue weighted by atomic mass is 19.4. The highest BCUT2D eigenvalue weighted by Crippen LogP contribution is 2.50. The second-order valence-electron chi connectivity index (χ2n) is 12.1. The topological polar surface area (TPSA) is 71.5 Å². The minimum atomic E-state index is -4.54. The predicted octanol–water partition coefficient (Wildman–Crippen LogP) is 6.95. The van der Waals surface area contributed by atoms with Crippen molar-refractivity contribution in [3.8, 4) is 0 Å². The average Bonchev–Trinajstić information content (AvgIpc) is 3.24.